The van der Waals surface area contributed by atoms with E-state index in [1.807, 2.05) is 13.2 Å². The number of aryl methyl sites for hydroxylation is 1. The molecule has 1 aliphatic rings. The van der Waals surface area contributed by atoms with E-state index in [9.17, 15) is 4.79 Å². The molecule has 0 saturated carbocycles. The summed E-state index contributed by atoms with van der Waals surface area (Å²) in [6.45, 7) is 2.31. The van der Waals surface area contributed by atoms with Crippen LogP contribution >= 0.6 is 0 Å². The van der Waals surface area contributed by atoms with Crippen molar-refractivity contribution in [3.63, 3.8) is 0 Å². The molecule has 0 N–H and O–H groups in total. The van der Waals surface area contributed by atoms with E-state index in [0.29, 0.717) is 12.4 Å². The van der Waals surface area contributed by atoms with E-state index >= 15 is 0 Å². The Morgan fingerprint density at radius 1 is 1.28 bits per heavy atom. The third-order valence-corrected chi connectivity index (χ3v) is 4.52. The number of hydrogen-bond donors (Lipinski definition) is 0. The molecule has 9 nitrogen and oxygen atoms in total. The van der Waals surface area contributed by atoms with Gasteiger partial charge < -0.3 is 0 Å². The van der Waals surface area contributed by atoms with Gasteiger partial charge >= 0.3 is 0 Å². The molecule has 0 radical (unpaired) electrons. The van der Waals surface area contributed by atoms with E-state index in [1.54, 1.807) is 44.9 Å². The first-order chi connectivity index (χ1) is 12.2. The van der Waals surface area contributed by atoms with Crippen LogP contribution < -0.4 is 5.56 Å². The average Bonchev–Trinajstić information content (AvgIpc) is 3.33. The van der Waals surface area contributed by atoms with Gasteiger partial charge in [-0.25, -0.2) is 9.67 Å². The summed E-state index contributed by atoms with van der Waals surface area (Å²) in [5.74, 6) is 0.690. The molecule has 130 valence electrons. The van der Waals surface area contributed by atoms with E-state index in [2.05, 4.69) is 25.2 Å². The van der Waals surface area contributed by atoms with Crippen molar-refractivity contribution >= 4 is 0 Å². The molecular weight excluding hydrogens is 320 g/mol. The zero-order valence-corrected chi connectivity index (χ0v) is 14.1. The lowest BCUT2D eigenvalue weighted by molar-refractivity contribution is 0.214. The molecule has 4 rings (SSSR count). The third-order valence-electron chi connectivity index (χ3n) is 4.52. The monoisotopic (exact) mass is 340 g/mol. The fourth-order valence-electron chi connectivity index (χ4n) is 3.28. The molecule has 1 saturated heterocycles. The summed E-state index contributed by atoms with van der Waals surface area (Å²) in [5.41, 5.74) is 0.858. The van der Waals surface area contributed by atoms with Crippen LogP contribution in [0.2, 0.25) is 0 Å². The Bertz CT molecular complexity index is 897. The largest absolute Gasteiger partial charge is 0.293 e. The first-order valence-electron chi connectivity index (χ1n) is 8.35. The second-order valence-electron chi connectivity index (χ2n) is 6.27. The standard InChI is InChI=1S/C16H20N8O/c1-21-18-9-13(19-21)10-22-7-2-3-14(22)11-24-16(25)5-4-15(20-24)23-8-6-17-12-23/h4-6,8-9,12,14H,2-3,7,10-11H2,1H3. The fourth-order valence-corrected chi connectivity index (χ4v) is 3.28. The molecule has 0 aliphatic carbocycles. The van der Waals surface area contributed by atoms with Crippen LogP contribution in [0, 0.1) is 0 Å². The highest BCUT2D eigenvalue weighted by Gasteiger charge is 2.26. The lowest BCUT2D eigenvalue weighted by atomic mass is 10.2. The Balaban J connectivity index is 1.52. The Morgan fingerprint density at radius 2 is 2.20 bits per heavy atom. The highest BCUT2D eigenvalue weighted by atomic mass is 16.1. The van der Waals surface area contributed by atoms with Gasteiger partial charge in [0.25, 0.3) is 5.56 Å². The zero-order chi connectivity index (χ0) is 17.2. The highest BCUT2D eigenvalue weighted by Crippen LogP contribution is 2.20. The van der Waals surface area contributed by atoms with Gasteiger partial charge in [-0.1, -0.05) is 0 Å². The lowest BCUT2D eigenvalue weighted by Gasteiger charge is -2.23. The maximum absolute atomic E-state index is 12.2. The van der Waals surface area contributed by atoms with Gasteiger partial charge in [0.2, 0.25) is 0 Å². The Hall–Kier alpha value is -2.81. The lowest BCUT2D eigenvalue weighted by Crippen LogP contribution is -2.37. The minimum atomic E-state index is -0.0878. The number of rotatable bonds is 5. The summed E-state index contributed by atoms with van der Waals surface area (Å²) in [7, 11) is 1.82. The number of aromatic nitrogens is 7. The van der Waals surface area contributed by atoms with Crippen molar-refractivity contribution in [2.75, 3.05) is 6.54 Å². The van der Waals surface area contributed by atoms with Crippen LogP contribution in [0.3, 0.4) is 0 Å². The average molecular weight is 340 g/mol. The second kappa shape index (κ2) is 6.60. The van der Waals surface area contributed by atoms with Crippen LogP contribution in [0.5, 0.6) is 0 Å². The highest BCUT2D eigenvalue weighted by molar-refractivity contribution is 5.19. The Labute approximate surface area is 144 Å². The van der Waals surface area contributed by atoms with Crippen molar-refractivity contribution in [3.8, 4) is 5.82 Å². The van der Waals surface area contributed by atoms with E-state index in [4.69, 9.17) is 0 Å². The molecule has 1 unspecified atom stereocenters. The molecule has 1 atom stereocenters. The topological polar surface area (TPSA) is 86.7 Å². The molecule has 0 amide bonds. The minimum Gasteiger partial charge on any atom is -0.293 e. The normalized spacial score (nSPS) is 18.0. The predicted octanol–water partition coefficient (Wildman–Crippen LogP) is 0.222. The van der Waals surface area contributed by atoms with Crippen LogP contribution in [0.1, 0.15) is 18.5 Å². The van der Waals surface area contributed by atoms with Gasteiger partial charge in [0.05, 0.1) is 18.4 Å². The van der Waals surface area contributed by atoms with Gasteiger partial charge in [-0.3, -0.25) is 14.3 Å². The van der Waals surface area contributed by atoms with E-state index in [1.165, 1.54) is 0 Å². The number of nitrogens with zero attached hydrogens (tertiary/aromatic N) is 8. The SMILES string of the molecule is Cn1ncc(CN2CCCC2Cn2nc(-n3ccnc3)ccc2=O)n1. The first kappa shape index (κ1) is 15.7. The molecule has 0 spiro atoms. The zero-order valence-electron chi connectivity index (χ0n) is 14.1. The van der Waals surface area contributed by atoms with E-state index in [0.717, 1.165) is 31.6 Å². The molecule has 9 heteroatoms. The van der Waals surface area contributed by atoms with Crippen molar-refractivity contribution in [3.05, 3.63) is 53.1 Å². The van der Waals surface area contributed by atoms with Gasteiger partial charge in [-0.2, -0.15) is 20.1 Å². The summed E-state index contributed by atoms with van der Waals surface area (Å²) >= 11 is 0. The minimum absolute atomic E-state index is 0.0878. The Morgan fingerprint density at radius 3 is 2.96 bits per heavy atom. The second-order valence-corrected chi connectivity index (χ2v) is 6.27. The summed E-state index contributed by atoms with van der Waals surface area (Å²) in [5, 5.41) is 13.0. The Kier molecular flexibility index (Phi) is 4.14. The molecule has 1 fully saturated rings. The van der Waals surface area contributed by atoms with E-state index < -0.39 is 0 Å². The molecule has 3 aromatic heterocycles. The van der Waals surface area contributed by atoms with Crippen molar-refractivity contribution in [2.45, 2.75) is 32.0 Å². The molecule has 0 aromatic carbocycles. The number of likely N-dealkylation sites (tertiary alicyclic amines) is 1. The third kappa shape index (κ3) is 3.36. The maximum atomic E-state index is 12.2. The maximum Gasteiger partial charge on any atom is 0.266 e. The van der Waals surface area contributed by atoms with Gasteiger partial charge in [0, 0.05) is 38.1 Å². The van der Waals surface area contributed by atoms with Gasteiger partial charge in [0.1, 0.15) is 6.33 Å². The van der Waals surface area contributed by atoms with Gasteiger partial charge in [-0.15, -0.1) is 0 Å². The molecule has 4 heterocycles. The summed E-state index contributed by atoms with van der Waals surface area (Å²) in [6.07, 6.45) is 9.13. The molecule has 0 bridgehead atoms. The quantitative estimate of drug-likeness (QED) is 0.660. The van der Waals surface area contributed by atoms with Crippen molar-refractivity contribution < 1.29 is 0 Å². The summed E-state index contributed by atoms with van der Waals surface area (Å²) in [6, 6.07) is 3.54. The molecular formula is C16H20N8O. The predicted molar refractivity (Wildman–Crippen MR) is 90.1 cm³/mol. The van der Waals surface area contributed by atoms with Crippen LogP contribution in [-0.4, -0.2) is 51.8 Å². The van der Waals surface area contributed by atoms with Gasteiger partial charge in [0.15, 0.2) is 5.82 Å². The van der Waals surface area contributed by atoms with Crippen LogP contribution in [0.25, 0.3) is 5.82 Å². The van der Waals surface area contributed by atoms with Crippen molar-refractivity contribution in [1.29, 1.82) is 0 Å². The van der Waals surface area contributed by atoms with Crippen molar-refractivity contribution in [1.82, 2.24) is 39.2 Å². The molecule has 25 heavy (non-hydrogen) atoms. The van der Waals surface area contributed by atoms with Gasteiger partial charge in [-0.05, 0) is 25.5 Å². The van der Waals surface area contributed by atoms with Crippen LogP contribution in [0.4, 0.5) is 0 Å². The fraction of sp³-hybridized carbons (Fsp3) is 0.438. The van der Waals surface area contributed by atoms with Crippen LogP contribution in [-0.2, 0) is 20.1 Å². The molecule has 3 aromatic rings. The number of imidazole rings is 1. The summed E-state index contributed by atoms with van der Waals surface area (Å²) < 4.78 is 3.34. The molecule has 1 aliphatic heterocycles. The smallest absolute Gasteiger partial charge is 0.266 e. The van der Waals surface area contributed by atoms with Crippen molar-refractivity contribution in [2.24, 2.45) is 7.05 Å². The number of hydrogen-bond acceptors (Lipinski definition) is 6. The van der Waals surface area contributed by atoms with E-state index in [-0.39, 0.29) is 11.6 Å². The van der Waals surface area contributed by atoms with Crippen LogP contribution in [0.15, 0.2) is 41.8 Å². The summed E-state index contributed by atoms with van der Waals surface area (Å²) in [4.78, 5) is 20.2. The first-order valence-corrected chi connectivity index (χ1v) is 8.35.